The number of hydrogen-bond donors (Lipinski definition) is 1. The third-order valence-corrected chi connectivity index (χ3v) is 10.7. The highest BCUT2D eigenvalue weighted by Crippen LogP contribution is 2.36. The fraction of sp³-hybridized carbons (Fsp3) is 0.478. The fourth-order valence-corrected chi connectivity index (χ4v) is 4.50. The Labute approximate surface area is 192 Å². The van der Waals surface area contributed by atoms with Crippen LogP contribution in [0.5, 0.6) is 5.75 Å². The van der Waals surface area contributed by atoms with Crippen LogP contribution in [-0.4, -0.2) is 42.0 Å². The first-order chi connectivity index (χ1) is 14.8. The van der Waals surface area contributed by atoms with E-state index in [9.17, 15) is 18.5 Å². The standard InChI is InChI=1S/C23H32N2O5SSi/c1-23(2,3)32(5,6)29-14-10-9-13-25-22(26)20-19-12-8-7-11-17(19)15-18(16-24)21(20)30-31(4,27)28/h7-8,11-12,15H,9-10,13-14H2,1-6H3,(H,25,26). The van der Waals surface area contributed by atoms with Gasteiger partial charge in [-0.2, -0.15) is 13.7 Å². The SMILES string of the molecule is CC(C)(C)[Si](C)(C)OCCCCNC(=O)c1c(OS(C)(=O)=O)c(C#N)cc2ccccc12. The molecule has 1 amide bonds. The van der Waals surface area contributed by atoms with Crippen molar-refractivity contribution in [2.45, 2.75) is 51.7 Å². The Morgan fingerprint density at radius 1 is 1.19 bits per heavy atom. The molecule has 2 rings (SSSR count). The number of nitrogens with zero attached hydrogens (tertiary/aromatic N) is 1. The minimum absolute atomic E-state index is 0.0120. The first-order valence-electron chi connectivity index (χ1n) is 10.5. The monoisotopic (exact) mass is 476 g/mol. The van der Waals surface area contributed by atoms with Gasteiger partial charge in [0.05, 0.1) is 17.4 Å². The van der Waals surface area contributed by atoms with Crippen LogP contribution in [0.1, 0.15) is 49.5 Å². The maximum absolute atomic E-state index is 13.0. The zero-order valence-electron chi connectivity index (χ0n) is 19.6. The van der Waals surface area contributed by atoms with Crippen LogP contribution in [0.2, 0.25) is 18.1 Å². The Balaban J connectivity index is 2.16. The van der Waals surface area contributed by atoms with Crippen LogP contribution >= 0.6 is 0 Å². The molecule has 0 heterocycles. The number of rotatable bonds is 9. The van der Waals surface area contributed by atoms with Gasteiger partial charge in [-0.25, -0.2) is 0 Å². The molecular weight excluding hydrogens is 444 g/mol. The van der Waals surface area contributed by atoms with Gasteiger partial charge in [-0.1, -0.05) is 45.0 Å². The van der Waals surface area contributed by atoms with Crippen LogP contribution in [0, 0.1) is 11.3 Å². The second-order valence-corrected chi connectivity index (χ2v) is 15.7. The lowest BCUT2D eigenvalue weighted by atomic mass is 9.99. The van der Waals surface area contributed by atoms with E-state index in [1.807, 2.05) is 6.07 Å². The molecule has 2 aromatic carbocycles. The average molecular weight is 477 g/mol. The molecular formula is C23H32N2O5SSi. The predicted octanol–water partition coefficient (Wildman–Crippen LogP) is 4.58. The van der Waals surface area contributed by atoms with E-state index >= 15 is 0 Å². The maximum Gasteiger partial charge on any atom is 0.306 e. The van der Waals surface area contributed by atoms with E-state index in [1.54, 1.807) is 24.3 Å². The highest BCUT2D eigenvalue weighted by molar-refractivity contribution is 7.86. The lowest BCUT2D eigenvalue weighted by Gasteiger charge is -2.36. The number of unbranched alkanes of at least 4 members (excludes halogenated alkanes) is 1. The summed E-state index contributed by atoms with van der Waals surface area (Å²) in [5.74, 6) is -0.727. The van der Waals surface area contributed by atoms with E-state index in [0.717, 1.165) is 12.7 Å². The van der Waals surface area contributed by atoms with Gasteiger partial charge in [-0.15, -0.1) is 0 Å². The molecule has 7 nitrogen and oxygen atoms in total. The summed E-state index contributed by atoms with van der Waals surface area (Å²) in [6, 6.07) is 10.4. The highest BCUT2D eigenvalue weighted by atomic mass is 32.2. The van der Waals surface area contributed by atoms with Crippen molar-refractivity contribution in [2.24, 2.45) is 0 Å². The summed E-state index contributed by atoms with van der Waals surface area (Å²) in [6.45, 7) is 12.0. The van der Waals surface area contributed by atoms with Crippen molar-refractivity contribution in [1.29, 1.82) is 5.26 Å². The molecule has 0 aliphatic rings. The Morgan fingerprint density at radius 2 is 1.84 bits per heavy atom. The number of amides is 1. The molecule has 0 saturated carbocycles. The van der Waals surface area contributed by atoms with E-state index in [1.165, 1.54) is 6.07 Å². The molecule has 2 aromatic rings. The van der Waals surface area contributed by atoms with Gasteiger partial charge in [0.1, 0.15) is 6.07 Å². The fourth-order valence-electron chi connectivity index (χ4n) is 2.94. The lowest BCUT2D eigenvalue weighted by Crippen LogP contribution is -2.41. The quantitative estimate of drug-likeness (QED) is 0.323. The minimum atomic E-state index is -3.94. The van der Waals surface area contributed by atoms with Gasteiger partial charge in [0.15, 0.2) is 14.1 Å². The molecule has 0 unspecified atom stereocenters. The van der Waals surface area contributed by atoms with Crippen LogP contribution in [0.4, 0.5) is 0 Å². The number of carbonyl (C=O) groups is 1. The lowest BCUT2D eigenvalue weighted by molar-refractivity contribution is 0.0952. The van der Waals surface area contributed by atoms with Crippen LogP contribution < -0.4 is 9.50 Å². The summed E-state index contributed by atoms with van der Waals surface area (Å²) in [7, 11) is -5.74. The second-order valence-electron chi connectivity index (χ2n) is 9.32. The van der Waals surface area contributed by atoms with Gasteiger partial charge in [0.25, 0.3) is 5.91 Å². The zero-order chi connectivity index (χ0) is 24.2. The van der Waals surface area contributed by atoms with E-state index in [0.29, 0.717) is 30.3 Å². The summed E-state index contributed by atoms with van der Waals surface area (Å²) in [6.07, 6.45) is 2.38. The molecule has 0 aliphatic heterocycles. The molecule has 0 atom stereocenters. The number of nitrogens with one attached hydrogen (secondary N) is 1. The summed E-state index contributed by atoms with van der Waals surface area (Å²) in [5, 5.41) is 13.7. The van der Waals surface area contributed by atoms with Gasteiger partial charge in [0, 0.05) is 13.2 Å². The summed E-state index contributed by atoms with van der Waals surface area (Å²) in [4.78, 5) is 13.0. The third-order valence-electron chi connectivity index (χ3n) is 5.71. The van der Waals surface area contributed by atoms with Crippen LogP contribution in [0.3, 0.4) is 0 Å². The predicted molar refractivity (Wildman–Crippen MR) is 129 cm³/mol. The molecule has 0 aliphatic carbocycles. The normalized spacial score (nSPS) is 12.4. The molecule has 0 fully saturated rings. The largest absolute Gasteiger partial charge is 0.417 e. The van der Waals surface area contributed by atoms with Gasteiger partial charge >= 0.3 is 10.1 Å². The van der Waals surface area contributed by atoms with Gasteiger partial charge < -0.3 is 13.9 Å². The number of nitriles is 1. The average Bonchev–Trinajstić information content (AvgIpc) is 2.67. The molecule has 0 aromatic heterocycles. The van der Waals surface area contributed by atoms with Gasteiger partial charge in [0.2, 0.25) is 0 Å². The number of benzene rings is 2. The molecule has 0 spiro atoms. The number of hydrogen-bond acceptors (Lipinski definition) is 6. The Bertz CT molecular complexity index is 1130. The van der Waals surface area contributed by atoms with E-state index in [2.05, 4.69) is 39.2 Å². The van der Waals surface area contributed by atoms with Crippen molar-refractivity contribution in [1.82, 2.24) is 5.32 Å². The molecule has 174 valence electrons. The first-order valence-corrected chi connectivity index (χ1v) is 15.3. The van der Waals surface area contributed by atoms with E-state index in [-0.39, 0.29) is 21.9 Å². The summed E-state index contributed by atoms with van der Waals surface area (Å²) < 4.78 is 34.8. The van der Waals surface area contributed by atoms with Crippen molar-refractivity contribution in [3.63, 3.8) is 0 Å². The molecule has 0 saturated heterocycles. The Kier molecular flexibility index (Phi) is 8.10. The van der Waals surface area contributed by atoms with Crippen LogP contribution in [0.15, 0.2) is 30.3 Å². The number of fused-ring (bicyclic) bond motifs is 1. The van der Waals surface area contributed by atoms with Crippen LogP contribution in [-0.2, 0) is 14.5 Å². The number of carbonyl (C=O) groups excluding carboxylic acids is 1. The zero-order valence-corrected chi connectivity index (χ0v) is 21.4. The van der Waals surface area contributed by atoms with Crippen molar-refractivity contribution in [3.05, 3.63) is 41.5 Å². The van der Waals surface area contributed by atoms with Gasteiger partial charge in [-0.05, 0) is 47.8 Å². The van der Waals surface area contributed by atoms with Crippen molar-refractivity contribution in [2.75, 3.05) is 19.4 Å². The second kappa shape index (κ2) is 10.0. The smallest absolute Gasteiger partial charge is 0.306 e. The highest BCUT2D eigenvalue weighted by Gasteiger charge is 2.36. The van der Waals surface area contributed by atoms with Crippen molar-refractivity contribution < 1.29 is 21.8 Å². The molecule has 1 N–H and O–H groups in total. The van der Waals surface area contributed by atoms with Gasteiger partial charge in [-0.3, -0.25) is 4.79 Å². The van der Waals surface area contributed by atoms with Crippen LogP contribution in [0.25, 0.3) is 10.8 Å². The summed E-state index contributed by atoms with van der Waals surface area (Å²) in [5.41, 5.74) is 0.0321. The third kappa shape index (κ3) is 6.54. The van der Waals surface area contributed by atoms with E-state index < -0.39 is 24.3 Å². The van der Waals surface area contributed by atoms with Crippen molar-refractivity contribution >= 4 is 35.1 Å². The topological polar surface area (TPSA) is 105 Å². The molecule has 0 radical (unpaired) electrons. The molecule has 0 bridgehead atoms. The molecule has 32 heavy (non-hydrogen) atoms. The maximum atomic E-state index is 13.0. The summed E-state index contributed by atoms with van der Waals surface area (Å²) >= 11 is 0. The van der Waals surface area contributed by atoms with E-state index in [4.69, 9.17) is 8.61 Å². The van der Waals surface area contributed by atoms with Crippen molar-refractivity contribution in [3.8, 4) is 11.8 Å². The Hall–Kier alpha value is -2.41. The Morgan fingerprint density at radius 3 is 2.44 bits per heavy atom. The first kappa shape index (κ1) is 25.8. The minimum Gasteiger partial charge on any atom is -0.417 e. The molecule has 9 heteroatoms.